The fourth-order valence-corrected chi connectivity index (χ4v) is 3.07. The Morgan fingerprint density at radius 2 is 1.86 bits per heavy atom. The van der Waals surface area contributed by atoms with Crippen LogP contribution in [-0.2, 0) is 5.88 Å². The van der Waals surface area contributed by atoms with E-state index in [1.807, 2.05) is 0 Å². The van der Waals surface area contributed by atoms with Gasteiger partial charge in [-0.05, 0) is 37.6 Å². The third-order valence-corrected chi connectivity index (χ3v) is 4.34. The van der Waals surface area contributed by atoms with Gasteiger partial charge in [-0.3, -0.25) is 0 Å². The van der Waals surface area contributed by atoms with E-state index in [1.165, 1.54) is 0 Å². The maximum Gasteiger partial charge on any atom is 0.141 e. The molecule has 0 radical (unpaired) electrons. The minimum atomic E-state index is 0.346. The molecular weight excluding hydrogens is 348 g/mol. The number of hydrogen-bond acceptors (Lipinski definition) is 1. The average molecular weight is 364 g/mol. The van der Waals surface area contributed by atoms with Gasteiger partial charge in [0.15, 0.2) is 0 Å². The standard InChI is InChI=1S/C17H16BrClN2/c1-11(2)21-16-8-7-14(18)9-15(16)20-17(21)13-5-3-12(10-19)4-6-13/h3-9,11H,10H2,1-2H3. The van der Waals surface area contributed by atoms with Crippen LogP contribution in [-0.4, -0.2) is 9.55 Å². The van der Waals surface area contributed by atoms with Gasteiger partial charge >= 0.3 is 0 Å². The van der Waals surface area contributed by atoms with Crippen LogP contribution in [0.3, 0.4) is 0 Å². The molecule has 0 atom stereocenters. The molecule has 0 aliphatic heterocycles. The first-order valence-corrected chi connectivity index (χ1v) is 8.25. The Balaban J connectivity index is 2.22. The van der Waals surface area contributed by atoms with Crippen LogP contribution in [0.25, 0.3) is 22.4 Å². The lowest BCUT2D eigenvalue weighted by Gasteiger charge is -2.13. The fraction of sp³-hybridized carbons (Fsp3) is 0.235. The van der Waals surface area contributed by atoms with Gasteiger partial charge in [0.1, 0.15) is 5.82 Å². The third-order valence-electron chi connectivity index (χ3n) is 3.53. The Hall–Kier alpha value is -1.32. The molecule has 0 aliphatic rings. The van der Waals surface area contributed by atoms with Crippen LogP contribution < -0.4 is 0 Å². The van der Waals surface area contributed by atoms with Crippen LogP contribution in [0.4, 0.5) is 0 Å². The largest absolute Gasteiger partial charge is 0.321 e. The van der Waals surface area contributed by atoms with E-state index in [0.29, 0.717) is 11.9 Å². The van der Waals surface area contributed by atoms with Crippen molar-refractivity contribution < 1.29 is 0 Å². The van der Waals surface area contributed by atoms with E-state index >= 15 is 0 Å². The van der Waals surface area contributed by atoms with E-state index in [2.05, 4.69) is 76.8 Å². The molecular formula is C17H16BrClN2. The summed E-state index contributed by atoms with van der Waals surface area (Å²) >= 11 is 9.38. The van der Waals surface area contributed by atoms with Crippen LogP contribution in [0.15, 0.2) is 46.9 Å². The normalized spacial score (nSPS) is 11.5. The van der Waals surface area contributed by atoms with Gasteiger partial charge in [0.2, 0.25) is 0 Å². The lowest BCUT2D eigenvalue weighted by Crippen LogP contribution is -2.03. The minimum absolute atomic E-state index is 0.346. The molecule has 0 amide bonds. The van der Waals surface area contributed by atoms with Crippen molar-refractivity contribution in [2.24, 2.45) is 0 Å². The molecule has 0 saturated carbocycles. The zero-order chi connectivity index (χ0) is 15.0. The average Bonchev–Trinajstić information content (AvgIpc) is 2.85. The van der Waals surface area contributed by atoms with Crippen LogP contribution in [0.2, 0.25) is 0 Å². The maximum atomic E-state index is 5.86. The summed E-state index contributed by atoms with van der Waals surface area (Å²) < 4.78 is 3.32. The van der Waals surface area contributed by atoms with Gasteiger partial charge < -0.3 is 4.57 Å². The SMILES string of the molecule is CC(C)n1c(-c2ccc(CCl)cc2)nc2cc(Br)ccc21. The Bertz CT molecular complexity index is 775. The number of nitrogens with zero attached hydrogens (tertiary/aromatic N) is 2. The van der Waals surface area contributed by atoms with E-state index < -0.39 is 0 Å². The van der Waals surface area contributed by atoms with E-state index in [9.17, 15) is 0 Å². The molecule has 0 unspecified atom stereocenters. The number of hydrogen-bond donors (Lipinski definition) is 0. The molecule has 1 heterocycles. The zero-order valence-corrected chi connectivity index (χ0v) is 14.3. The molecule has 1 aromatic heterocycles. The monoisotopic (exact) mass is 362 g/mol. The van der Waals surface area contributed by atoms with E-state index in [4.69, 9.17) is 16.6 Å². The summed E-state index contributed by atoms with van der Waals surface area (Å²) in [6, 6.07) is 14.9. The first-order valence-electron chi connectivity index (χ1n) is 6.93. The lowest BCUT2D eigenvalue weighted by molar-refractivity contribution is 0.624. The van der Waals surface area contributed by atoms with Gasteiger partial charge in [0, 0.05) is 22.0 Å². The van der Waals surface area contributed by atoms with Crippen LogP contribution >= 0.6 is 27.5 Å². The molecule has 4 heteroatoms. The third kappa shape index (κ3) is 2.72. The molecule has 0 saturated heterocycles. The quantitative estimate of drug-likeness (QED) is 0.539. The van der Waals surface area contributed by atoms with E-state index in [1.54, 1.807) is 0 Å². The topological polar surface area (TPSA) is 17.8 Å². The van der Waals surface area contributed by atoms with Crippen molar-refractivity contribution in [1.29, 1.82) is 0 Å². The van der Waals surface area contributed by atoms with Crippen molar-refractivity contribution in [3.05, 3.63) is 52.5 Å². The predicted molar refractivity (Wildman–Crippen MR) is 92.8 cm³/mol. The summed E-state index contributed by atoms with van der Waals surface area (Å²) in [5, 5.41) is 0. The first kappa shape index (κ1) is 14.6. The molecule has 0 aliphatic carbocycles. The van der Waals surface area contributed by atoms with Crippen molar-refractivity contribution in [1.82, 2.24) is 9.55 Å². The van der Waals surface area contributed by atoms with Crippen molar-refractivity contribution in [2.45, 2.75) is 25.8 Å². The van der Waals surface area contributed by atoms with Gasteiger partial charge in [-0.1, -0.05) is 40.2 Å². The Kier molecular flexibility index (Phi) is 4.05. The summed E-state index contributed by atoms with van der Waals surface area (Å²) in [4.78, 5) is 4.82. The number of benzene rings is 2. The van der Waals surface area contributed by atoms with Crippen molar-refractivity contribution >= 4 is 38.6 Å². The molecule has 0 spiro atoms. The highest BCUT2D eigenvalue weighted by Gasteiger charge is 2.15. The van der Waals surface area contributed by atoms with Crippen molar-refractivity contribution in [3.8, 4) is 11.4 Å². The van der Waals surface area contributed by atoms with E-state index in [0.717, 1.165) is 32.5 Å². The smallest absolute Gasteiger partial charge is 0.141 e. The minimum Gasteiger partial charge on any atom is -0.321 e. The number of halogens is 2. The summed E-state index contributed by atoms with van der Waals surface area (Å²) in [7, 11) is 0. The molecule has 21 heavy (non-hydrogen) atoms. The number of imidazole rings is 1. The Morgan fingerprint density at radius 3 is 2.48 bits per heavy atom. The molecule has 2 aromatic carbocycles. The number of aromatic nitrogens is 2. The highest BCUT2D eigenvalue weighted by molar-refractivity contribution is 9.10. The first-order chi connectivity index (χ1) is 10.1. The summed E-state index contributed by atoms with van der Waals surface area (Å²) in [5.74, 6) is 1.53. The molecule has 108 valence electrons. The van der Waals surface area contributed by atoms with Gasteiger partial charge in [-0.15, -0.1) is 11.6 Å². The van der Waals surface area contributed by atoms with E-state index in [-0.39, 0.29) is 0 Å². The second-order valence-electron chi connectivity index (χ2n) is 5.36. The number of rotatable bonds is 3. The predicted octanol–water partition coefficient (Wildman–Crippen LogP) is 5.79. The maximum absolute atomic E-state index is 5.86. The lowest BCUT2D eigenvalue weighted by atomic mass is 10.1. The summed E-state index contributed by atoms with van der Waals surface area (Å²) in [6.07, 6.45) is 0. The second-order valence-corrected chi connectivity index (χ2v) is 6.55. The van der Waals surface area contributed by atoms with Crippen LogP contribution in [0, 0.1) is 0 Å². The summed E-state index contributed by atoms with van der Waals surface area (Å²) in [5.41, 5.74) is 4.40. The zero-order valence-electron chi connectivity index (χ0n) is 12.0. The van der Waals surface area contributed by atoms with Crippen molar-refractivity contribution in [2.75, 3.05) is 0 Å². The molecule has 0 bridgehead atoms. The van der Waals surface area contributed by atoms with Crippen LogP contribution in [0.5, 0.6) is 0 Å². The summed E-state index contributed by atoms with van der Waals surface area (Å²) in [6.45, 7) is 4.36. The molecule has 0 fully saturated rings. The molecule has 2 nitrogen and oxygen atoms in total. The molecule has 0 N–H and O–H groups in total. The van der Waals surface area contributed by atoms with Gasteiger partial charge in [0.05, 0.1) is 11.0 Å². The highest BCUT2D eigenvalue weighted by atomic mass is 79.9. The molecule has 3 rings (SSSR count). The molecule has 3 aromatic rings. The highest BCUT2D eigenvalue weighted by Crippen LogP contribution is 2.30. The Labute approximate surface area is 137 Å². The number of alkyl halides is 1. The van der Waals surface area contributed by atoms with Crippen LogP contribution in [0.1, 0.15) is 25.5 Å². The number of fused-ring (bicyclic) bond motifs is 1. The Morgan fingerprint density at radius 1 is 1.14 bits per heavy atom. The van der Waals surface area contributed by atoms with Gasteiger partial charge in [0.25, 0.3) is 0 Å². The second kappa shape index (κ2) is 5.82. The fourth-order valence-electron chi connectivity index (χ4n) is 2.54. The van der Waals surface area contributed by atoms with Gasteiger partial charge in [-0.25, -0.2) is 4.98 Å². The van der Waals surface area contributed by atoms with Gasteiger partial charge in [-0.2, -0.15) is 0 Å². The van der Waals surface area contributed by atoms with Crippen molar-refractivity contribution in [3.63, 3.8) is 0 Å².